The van der Waals surface area contributed by atoms with Crippen molar-refractivity contribution in [1.82, 2.24) is 24.4 Å². The number of aryl methyl sites for hydroxylation is 1. The van der Waals surface area contributed by atoms with Crippen LogP contribution in [0.15, 0.2) is 36.7 Å². The lowest BCUT2D eigenvalue weighted by Crippen LogP contribution is -2.48. The average molecular weight is 450 g/mol. The first kappa shape index (κ1) is 21.4. The second kappa shape index (κ2) is 8.80. The van der Waals surface area contributed by atoms with E-state index in [0.29, 0.717) is 17.7 Å². The third-order valence-electron chi connectivity index (χ3n) is 6.62. The molecule has 5 rings (SSSR count). The van der Waals surface area contributed by atoms with Crippen molar-refractivity contribution in [2.75, 3.05) is 36.4 Å². The molecular weight excluding hydrogens is 421 g/mol. The molecule has 0 unspecified atom stereocenters. The van der Waals surface area contributed by atoms with Gasteiger partial charge in [0.15, 0.2) is 5.82 Å². The molecule has 9 heteroatoms. The van der Waals surface area contributed by atoms with Crippen molar-refractivity contribution in [3.63, 3.8) is 0 Å². The van der Waals surface area contributed by atoms with Crippen molar-refractivity contribution in [3.05, 3.63) is 48.3 Å². The quantitative estimate of drug-likeness (QED) is 0.636. The Balaban J connectivity index is 1.31. The molecule has 172 valence electrons. The summed E-state index contributed by atoms with van der Waals surface area (Å²) >= 11 is 0. The molecule has 8 nitrogen and oxygen atoms in total. The number of hydrogen-bond donors (Lipinski definition) is 1. The van der Waals surface area contributed by atoms with E-state index < -0.39 is 5.82 Å². The topological polar surface area (TPSA) is 79.2 Å². The highest BCUT2D eigenvalue weighted by atomic mass is 19.1. The molecule has 2 aromatic heterocycles. The fraction of sp³-hybridized carbons (Fsp3) is 0.417. The maximum absolute atomic E-state index is 14.7. The summed E-state index contributed by atoms with van der Waals surface area (Å²) in [6.45, 7) is 6.65. The number of rotatable bonds is 5. The minimum absolute atomic E-state index is 0.124. The third kappa shape index (κ3) is 4.27. The number of imidazole rings is 1. The van der Waals surface area contributed by atoms with Crippen LogP contribution in [0.3, 0.4) is 0 Å². The summed E-state index contributed by atoms with van der Waals surface area (Å²) in [5, 5.41) is 3.19. The van der Waals surface area contributed by atoms with E-state index in [1.165, 1.54) is 12.6 Å². The maximum atomic E-state index is 14.7. The standard InChI is InChI=1S/C24H28FN7O/c1-16-26-15-22(32(16)20-4-3-5-20)23-21(25)14-27-24(29-23)28-18-6-8-19(9-7-18)31-12-10-30(11-13-31)17(2)33/h6-9,14-15,20H,3-5,10-13H2,1-2H3,(H,27,28,29). The first-order chi connectivity index (χ1) is 16.0. The molecule has 0 bridgehead atoms. The maximum Gasteiger partial charge on any atom is 0.227 e. The Kier molecular flexibility index (Phi) is 5.70. The normalized spacial score (nSPS) is 16.6. The first-order valence-corrected chi connectivity index (χ1v) is 11.4. The number of nitrogens with one attached hydrogen (secondary N) is 1. The Morgan fingerprint density at radius 1 is 1.06 bits per heavy atom. The van der Waals surface area contributed by atoms with Gasteiger partial charge in [0.2, 0.25) is 11.9 Å². The number of aromatic nitrogens is 4. The number of carbonyl (C=O) groups is 1. The predicted octanol–water partition coefficient (Wildman–Crippen LogP) is 3.92. The zero-order chi connectivity index (χ0) is 22.9. The number of benzene rings is 1. The van der Waals surface area contributed by atoms with Crippen LogP contribution in [0.4, 0.5) is 21.7 Å². The van der Waals surface area contributed by atoms with Gasteiger partial charge in [0.05, 0.1) is 18.1 Å². The van der Waals surface area contributed by atoms with Gasteiger partial charge in [-0.2, -0.15) is 0 Å². The Labute approximate surface area is 192 Å². The fourth-order valence-corrected chi connectivity index (χ4v) is 4.51. The van der Waals surface area contributed by atoms with Gasteiger partial charge in [0, 0.05) is 50.5 Å². The number of amides is 1. The Morgan fingerprint density at radius 2 is 1.79 bits per heavy atom. The monoisotopic (exact) mass is 449 g/mol. The number of anilines is 3. The number of nitrogens with zero attached hydrogens (tertiary/aromatic N) is 6. The molecule has 1 saturated carbocycles. The smallest absolute Gasteiger partial charge is 0.227 e. The summed E-state index contributed by atoms with van der Waals surface area (Å²) in [4.78, 5) is 28.7. The summed E-state index contributed by atoms with van der Waals surface area (Å²) in [5.74, 6) is 0.884. The van der Waals surface area contributed by atoms with Crippen LogP contribution in [0, 0.1) is 12.7 Å². The molecule has 0 spiro atoms. The van der Waals surface area contributed by atoms with E-state index >= 15 is 0 Å². The zero-order valence-electron chi connectivity index (χ0n) is 19.0. The van der Waals surface area contributed by atoms with E-state index in [0.717, 1.165) is 56.2 Å². The van der Waals surface area contributed by atoms with Crippen LogP contribution in [0.5, 0.6) is 0 Å². The van der Waals surface area contributed by atoms with Gasteiger partial charge in [-0.1, -0.05) is 0 Å². The van der Waals surface area contributed by atoms with Crippen LogP contribution in [-0.4, -0.2) is 56.5 Å². The molecule has 2 fully saturated rings. The van der Waals surface area contributed by atoms with Crippen LogP contribution in [0.1, 0.15) is 38.1 Å². The van der Waals surface area contributed by atoms with Gasteiger partial charge in [-0.25, -0.2) is 19.3 Å². The van der Waals surface area contributed by atoms with E-state index in [4.69, 9.17) is 0 Å². The summed E-state index contributed by atoms with van der Waals surface area (Å²) in [5.41, 5.74) is 2.88. The molecule has 1 amide bonds. The minimum Gasteiger partial charge on any atom is -0.368 e. The van der Waals surface area contributed by atoms with E-state index in [9.17, 15) is 9.18 Å². The van der Waals surface area contributed by atoms with E-state index in [2.05, 4.69) is 29.7 Å². The molecular formula is C24H28FN7O. The molecule has 3 heterocycles. The van der Waals surface area contributed by atoms with Gasteiger partial charge in [-0.15, -0.1) is 0 Å². The molecule has 1 aliphatic heterocycles. The molecule has 2 aliphatic rings. The molecule has 0 atom stereocenters. The van der Waals surface area contributed by atoms with Crippen LogP contribution in [0.25, 0.3) is 11.4 Å². The van der Waals surface area contributed by atoms with Crippen LogP contribution in [0.2, 0.25) is 0 Å². The molecule has 0 radical (unpaired) electrons. The molecule has 3 aromatic rings. The molecule has 1 aromatic carbocycles. The predicted molar refractivity (Wildman–Crippen MR) is 125 cm³/mol. The molecule has 33 heavy (non-hydrogen) atoms. The van der Waals surface area contributed by atoms with Crippen molar-refractivity contribution < 1.29 is 9.18 Å². The zero-order valence-corrected chi connectivity index (χ0v) is 19.0. The Hall–Kier alpha value is -3.49. The van der Waals surface area contributed by atoms with Crippen molar-refractivity contribution in [1.29, 1.82) is 0 Å². The second-order valence-electron chi connectivity index (χ2n) is 8.70. The van der Waals surface area contributed by atoms with Crippen LogP contribution < -0.4 is 10.2 Å². The largest absolute Gasteiger partial charge is 0.368 e. The van der Waals surface area contributed by atoms with Crippen LogP contribution in [-0.2, 0) is 4.79 Å². The van der Waals surface area contributed by atoms with Crippen molar-refractivity contribution in [2.24, 2.45) is 0 Å². The van der Waals surface area contributed by atoms with E-state index in [-0.39, 0.29) is 11.6 Å². The molecule has 1 aliphatic carbocycles. The Morgan fingerprint density at radius 3 is 2.42 bits per heavy atom. The van der Waals surface area contributed by atoms with Gasteiger partial charge >= 0.3 is 0 Å². The highest BCUT2D eigenvalue weighted by Gasteiger charge is 2.26. The summed E-state index contributed by atoms with van der Waals surface area (Å²) in [6, 6.07) is 8.35. The SMILES string of the molecule is CC(=O)N1CCN(c2ccc(Nc3ncc(F)c(-c4cnc(C)n4C4CCC4)n3)cc2)CC1. The number of hydrogen-bond acceptors (Lipinski definition) is 6. The lowest BCUT2D eigenvalue weighted by Gasteiger charge is -2.35. The summed E-state index contributed by atoms with van der Waals surface area (Å²) < 4.78 is 16.8. The second-order valence-corrected chi connectivity index (χ2v) is 8.70. The van der Waals surface area contributed by atoms with Gasteiger partial charge < -0.3 is 19.7 Å². The Bertz CT molecular complexity index is 1150. The number of piperazine rings is 1. The number of carbonyl (C=O) groups excluding carboxylic acids is 1. The van der Waals surface area contributed by atoms with Crippen molar-refractivity contribution in [3.8, 4) is 11.4 Å². The van der Waals surface area contributed by atoms with Gasteiger partial charge in [0.1, 0.15) is 11.5 Å². The van der Waals surface area contributed by atoms with Gasteiger partial charge in [0.25, 0.3) is 0 Å². The van der Waals surface area contributed by atoms with Crippen LogP contribution >= 0.6 is 0 Å². The summed E-state index contributed by atoms with van der Waals surface area (Å²) in [6.07, 6.45) is 6.25. The fourth-order valence-electron chi connectivity index (χ4n) is 4.51. The highest BCUT2D eigenvalue weighted by molar-refractivity contribution is 5.73. The van der Waals surface area contributed by atoms with E-state index in [1.54, 1.807) is 13.1 Å². The minimum atomic E-state index is -0.457. The summed E-state index contributed by atoms with van der Waals surface area (Å²) in [7, 11) is 0. The van der Waals surface area contributed by atoms with Gasteiger partial charge in [-0.05, 0) is 50.5 Å². The van der Waals surface area contributed by atoms with Crippen molar-refractivity contribution >= 4 is 23.2 Å². The average Bonchev–Trinajstić information content (AvgIpc) is 3.15. The third-order valence-corrected chi connectivity index (χ3v) is 6.62. The van der Waals surface area contributed by atoms with E-state index in [1.807, 2.05) is 36.1 Å². The highest BCUT2D eigenvalue weighted by Crippen LogP contribution is 2.36. The molecule has 1 N–H and O–H groups in total. The first-order valence-electron chi connectivity index (χ1n) is 11.4. The van der Waals surface area contributed by atoms with Crippen molar-refractivity contribution in [2.45, 2.75) is 39.2 Å². The lowest BCUT2D eigenvalue weighted by molar-refractivity contribution is -0.129. The lowest BCUT2D eigenvalue weighted by atomic mass is 9.92. The van der Waals surface area contributed by atoms with Gasteiger partial charge in [-0.3, -0.25) is 4.79 Å². The molecule has 1 saturated heterocycles. The number of halogens is 1.